The number of nitrogens with zero attached hydrogens (tertiary/aromatic N) is 2. The third kappa shape index (κ3) is 2.05. The Morgan fingerprint density at radius 2 is 2.20 bits per heavy atom. The average Bonchev–Trinajstić information content (AvgIpc) is 2.26. The van der Waals surface area contributed by atoms with E-state index in [1.807, 2.05) is 20.2 Å². The molecule has 0 N–H and O–H groups in total. The molecule has 0 aliphatic carbocycles. The molecule has 1 rings (SSSR count). The number of benzene rings is 1. The van der Waals surface area contributed by atoms with Crippen molar-refractivity contribution in [2.75, 3.05) is 19.0 Å². The molecule has 0 unspecified atom stereocenters. The number of allylic oxidation sites excluding steroid dienone is 1. The zero-order valence-corrected chi connectivity index (χ0v) is 8.82. The van der Waals surface area contributed by atoms with Gasteiger partial charge in [-0.3, -0.25) is 4.79 Å². The molecular formula is C12H12N2O. The van der Waals surface area contributed by atoms with Gasteiger partial charge in [0.15, 0.2) is 5.78 Å². The number of ketones is 1. The normalized spacial score (nSPS) is 9.13. The first-order valence-corrected chi connectivity index (χ1v) is 4.49. The summed E-state index contributed by atoms with van der Waals surface area (Å²) in [4.78, 5) is 13.4. The van der Waals surface area contributed by atoms with Crippen LogP contribution in [0, 0.1) is 11.3 Å². The zero-order chi connectivity index (χ0) is 11.4. The van der Waals surface area contributed by atoms with Gasteiger partial charge >= 0.3 is 0 Å². The highest BCUT2D eigenvalue weighted by molar-refractivity contribution is 6.10. The quantitative estimate of drug-likeness (QED) is 0.553. The maximum Gasteiger partial charge on any atom is 0.188 e. The average molecular weight is 200 g/mol. The van der Waals surface area contributed by atoms with Crippen molar-refractivity contribution >= 4 is 11.5 Å². The lowest BCUT2D eigenvalue weighted by molar-refractivity contribution is 0.104. The summed E-state index contributed by atoms with van der Waals surface area (Å²) in [5.74, 6) is -0.226. The second kappa shape index (κ2) is 4.43. The molecule has 0 bridgehead atoms. The van der Waals surface area contributed by atoms with Crippen LogP contribution in [0.2, 0.25) is 0 Å². The van der Waals surface area contributed by atoms with Crippen molar-refractivity contribution in [1.29, 1.82) is 5.26 Å². The van der Waals surface area contributed by atoms with Crippen molar-refractivity contribution in [2.45, 2.75) is 0 Å². The molecule has 15 heavy (non-hydrogen) atoms. The van der Waals surface area contributed by atoms with E-state index in [1.54, 1.807) is 23.1 Å². The van der Waals surface area contributed by atoms with Crippen molar-refractivity contribution in [3.63, 3.8) is 0 Å². The van der Waals surface area contributed by atoms with Crippen molar-refractivity contribution < 1.29 is 4.79 Å². The van der Waals surface area contributed by atoms with E-state index in [1.165, 1.54) is 6.08 Å². The predicted octanol–water partition coefficient (Wildman–Crippen LogP) is 1.99. The molecule has 0 amide bonds. The second-order valence-corrected chi connectivity index (χ2v) is 3.27. The lowest BCUT2D eigenvalue weighted by atomic mass is 10.0. The van der Waals surface area contributed by atoms with Gasteiger partial charge in [-0.25, -0.2) is 0 Å². The summed E-state index contributed by atoms with van der Waals surface area (Å²) < 4.78 is 0. The monoisotopic (exact) mass is 200 g/mol. The Morgan fingerprint density at radius 1 is 1.53 bits per heavy atom. The highest BCUT2D eigenvalue weighted by Crippen LogP contribution is 2.22. The number of anilines is 1. The lowest BCUT2D eigenvalue weighted by Crippen LogP contribution is -2.14. The van der Waals surface area contributed by atoms with Crippen LogP contribution in [-0.4, -0.2) is 19.9 Å². The van der Waals surface area contributed by atoms with Gasteiger partial charge in [-0.1, -0.05) is 12.6 Å². The number of hydrogen-bond acceptors (Lipinski definition) is 3. The van der Waals surface area contributed by atoms with Gasteiger partial charge in [0.05, 0.1) is 17.2 Å². The molecule has 0 heterocycles. The first kappa shape index (κ1) is 11.0. The molecular weight excluding hydrogens is 188 g/mol. The summed E-state index contributed by atoms with van der Waals surface area (Å²) in [5.41, 5.74) is 1.53. The number of carbonyl (C=O) groups is 1. The third-order valence-electron chi connectivity index (χ3n) is 2.08. The minimum atomic E-state index is -0.226. The standard InChI is InChI=1S/C12H12N2O/c1-4-11(15)12-9(8-13)6-5-7-10(12)14(2)3/h4-7H,1H2,2-3H3. The summed E-state index contributed by atoms with van der Waals surface area (Å²) in [6.45, 7) is 3.44. The van der Waals surface area contributed by atoms with Gasteiger partial charge in [0, 0.05) is 19.8 Å². The minimum Gasteiger partial charge on any atom is -0.377 e. The van der Waals surface area contributed by atoms with E-state index in [0.717, 1.165) is 5.69 Å². The molecule has 3 nitrogen and oxygen atoms in total. The summed E-state index contributed by atoms with van der Waals surface area (Å²) in [6.07, 6.45) is 1.23. The van der Waals surface area contributed by atoms with Gasteiger partial charge in [0.25, 0.3) is 0 Å². The van der Waals surface area contributed by atoms with Gasteiger partial charge in [-0.05, 0) is 18.2 Å². The maximum absolute atomic E-state index is 11.6. The highest BCUT2D eigenvalue weighted by Gasteiger charge is 2.14. The fourth-order valence-electron chi connectivity index (χ4n) is 1.37. The molecule has 0 saturated heterocycles. The number of hydrogen-bond donors (Lipinski definition) is 0. The molecule has 0 radical (unpaired) electrons. The van der Waals surface area contributed by atoms with Gasteiger partial charge in [-0.15, -0.1) is 0 Å². The topological polar surface area (TPSA) is 44.1 Å². The maximum atomic E-state index is 11.6. The van der Waals surface area contributed by atoms with Gasteiger partial charge < -0.3 is 4.90 Å². The summed E-state index contributed by atoms with van der Waals surface area (Å²) in [7, 11) is 3.66. The highest BCUT2D eigenvalue weighted by atomic mass is 16.1. The smallest absolute Gasteiger partial charge is 0.188 e. The fraction of sp³-hybridized carbons (Fsp3) is 0.167. The van der Waals surface area contributed by atoms with Crippen LogP contribution < -0.4 is 4.90 Å². The molecule has 3 heteroatoms. The van der Waals surface area contributed by atoms with Crippen molar-refractivity contribution in [3.05, 3.63) is 42.0 Å². The van der Waals surface area contributed by atoms with Gasteiger partial charge in [-0.2, -0.15) is 5.26 Å². The number of nitriles is 1. The van der Waals surface area contributed by atoms with Gasteiger partial charge in [0.1, 0.15) is 0 Å². The van der Waals surface area contributed by atoms with E-state index >= 15 is 0 Å². The van der Waals surface area contributed by atoms with Crippen molar-refractivity contribution in [3.8, 4) is 6.07 Å². The van der Waals surface area contributed by atoms with Crippen molar-refractivity contribution in [2.24, 2.45) is 0 Å². The Hall–Kier alpha value is -2.08. The van der Waals surface area contributed by atoms with Gasteiger partial charge in [0.2, 0.25) is 0 Å². The van der Waals surface area contributed by atoms with E-state index in [2.05, 4.69) is 6.58 Å². The van der Waals surface area contributed by atoms with Crippen LogP contribution in [0.3, 0.4) is 0 Å². The predicted molar refractivity (Wildman–Crippen MR) is 60.0 cm³/mol. The molecule has 0 spiro atoms. The molecule has 0 aromatic heterocycles. The zero-order valence-electron chi connectivity index (χ0n) is 8.82. The Kier molecular flexibility index (Phi) is 3.25. The first-order valence-electron chi connectivity index (χ1n) is 4.49. The summed E-state index contributed by atoms with van der Waals surface area (Å²) in [6, 6.07) is 7.20. The molecule has 1 aromatic carbocycles. The van der Waals surface area contributed by atoms with Crippen LogP contribution in [-0.2, 0) is 0 Å². The Bertz CT molecular complexity index is 441. The minimum absolute atomic E-state index is 0.226. The SMILES string of the molecule is C=CC(=O)c1c(C#N)cccc1N(C)C. The first-order chi connectivity index (χ1) is 7.11. The van der Waals surface area contributed by atoms with Crippen molar-refractivity contribution in [1.82, 2.24) is 0 Å². The van der Waals surface area contributed by atoms with Crippen LogP contribution in [0.15, 0.2) is 30.9 Å². The largest absolute Gasteiger partial charge is 0.377 e. The van der Waals surface area contributed by atoms with E-state index < -0.39 is 0 Å². The van der Waals surface area contributed by atoms with Crippen LogP contribution in [0.25, 0.3) is 0 Å². The summed E-state index contributed by atoms with van der Waals surface area (Å²) in [5, 5.41) is 8.91. The summed E-state index contributed by atoms with van der Waals surface area (Å²) >= 11 is 0. The molecule has 0 atom stereocenters. The molecule has 0 aliphatic rings. The molecule has 0 fully saturated rings. The van der Waals surface area contributed by atoms with E-state index in [4.69, 9.17) is 5.26 Å². The number of carbonyl (C=O) groups excluding carboxylic acids is 1. The van der Waals surface area contributed by atoms with Crippen LogP contribution in [0.1, 0.15) is 15.9 Å². The Labute approximate surface area is 89.2 Å². The lowest BCUT2D eigenvalue weighted by Gasteiger charge is -2.16. The fourth-order valence-corrected chi connectivity index (χ4v) is 1.37. The van der Waals surface area contributed by atoms with E-state index in [0.29, 0.717) is 11.1 Å². The molecule has 0 aliphatic heterocycles. The third-order valence-corrected chi connectivity index (χ3v) is 2.08. The van der Waals surface area contributed by atoms with E-state index in [9.17, 15) is 4.79 Å². The molecule has 1 aromatic rings. The van der Waals surface area contributed by atoms with Crippen LogP contribution in [0.5, 0.6) is 0 Å². The Balaban J connectivity index is 3.48. The van der Waals surface area contributed by atoms with E-state index in [-0.39, 0.29) is 5.78 Å². The molecule has 0 saturated carbocycles. The van der Waals surface area contributed by atoms with Crippen LogP contribution >= 0.6 is 0 Å². The number of rotatable bonds is 3. The van der Waals surface area contributed by atoms with Crippen LogP contribution in [0.4, 0.5) is 5.69 Å². The molecule has 76 valence electrons. The Morgan fingerprint density at radius 3 is 2.67 bits per heavy atom. The second-order valence-electron chi connectivity index (χ2n) is 3.27.